The first kappa shape index (κ1) is 18.8. The summed E-state index contributed by atoms with van der Waals surface area (Å²) >= 11 is 0. The number of aromatic nitrogens is 1. The molecule has 0 bridgehead atoms. The minimum absolute atomic E-state index is 0.147. The molecular formula is C20H18N4O4. The number of carbonyl (C=O) groups is 1. The number of carbonyl (C=O) groups excluding carboxylic acids is 1. The number of para-hydroxylation sites is 1. The van der Waals surface area contributed by atoms with E-state index in [-0.39, 0.29) is 17.8 Å². The Morgan fingerprint density at radius 3 is 2.64 bits per heavy atom. The van der Waals surface area contributed by atoms with E-state index >= 15 is 0 Å². The minimum atomic E-state index is -0.535. The number of nitrogens with one attached hydrogen (secondary N) is 2. The van der Waals surface area contributed by atoms with E-state index in [2.05, 4.69) is 15.6 Å². The van der Waals surface area contributed by atoms with Crippen molar-refractivity contribution in [3.63, 3.8) is 0 Å². The van der Waals surface area contributed by atoms with Gasteiger partial charge in [0.1, 0.15) is 5.75 Å². The first-order valence-electron chi connectivity index (χ1n) is 8.49. The molecule has 2 aromatic carbocycles. The van der Waals surface area contributed by atoms with Crippen LogP contribution >= 0.6 is 0 Å². The fraction of sp³-hybridized carbons (Fsp3) is 0.100. The molecule has 8 nitrogen and oxygen atoms in total. The number of ether oxygens (including phenoxy) is 1. The normalized spacial score (nSPS) is 10.2. The average Bonchev–Trinajstić information content (AvgIpc) is 2.72. The Morgan fingerprint density at radius 2 is 1.93 bits per heavy atom. The second-order valence-corrected chi connectivity index (χ2v) is 5.84. The number of hydrogen-bond acceptors (Lipinski definition) is 6. The average molecular weight is 378 g/mol. The monoisotopic (exact) mass is 378 g/mol. The zero-order valence-electron chi connectivity index (χ0n) is 15.1. The predicted molar refractivity (Wildman–Crippen MR) is 105 cm³/mol. The summed E-state index contributed by atoms with van der Waals surface area (Å²) in [6, 6.07) is 16.8. The first-order chi connectivity index (χ1) is 13.6. The Balaban J connectivity index is 1.70. The van der Waals surface area contributed by atoms with Gasteiger partial charge in [-0.3, -0.25) is 14.9 Å². The van der Waals surface area contributed by atoms with Crippen molar-refractivity contribution in [1.29, 1.82) is 0 Å². The van der Waals surface area contributed by atoms with E-state index in [0.717, 1.165) is 5.56 Å². The van der Waals surface area contributed by atoms with E-state index in [1.807, 2.05) is 30.3 Å². The van der Waals surface area contributed by atoms with Gasteiger partial charge < -0.3 is 15.4 Å². The predicted octanol–water partition coefficient (Wildman–Crippen LogP) is 3.75. The molecule has 0 aliphatic heterocycles. The summed E-state index contributed by atoms with van der Waals surface area (Å²) in [6.45, 7) is 0.221. The van der Waals surface area contributed by atoms with Crippen LogP contribution in [0.2, 0.25) is 0 Å². The molecule has 28 heavy (non-hydrogen) atoms. The lowest BCUT2D eigenvalue weighted by molar-refractivity contribution is -0.384. The number of hydrogen-bond donors (Lipinski definition) is 2. The molecule has 1 heterocycles. The van der Waals surface area contributed by atoms with Gasteiger partial charge in [-0.2, -0.15) is 0 Å². The van der Waals surface area contributed by atoms with Gasteiger partial charge in [-0.15, -0.1) is 0 Å². The summed E-state index contributed by atoms with van der Waals surface area (Å²) in [5.41, 5.74) is 1.34. The van der Waals surface area contributed by atoms with Crippen molar-refractivity contribution in [2.45, 2.75) is 6.54 Å². The molecule has 0 aliphatic carbocycles. The number of nitrogens with zero attached hydrogens (tertiary/aromatic N) is 2. The standard InChI is InChI=1S/C20H18N4O4/c1-21-18-8-7-15(24(26)27)12-17(18)20(25)23-13-14-9-10-22-19(11-14)28-16-5-3-2-4-6-16/h2-12,21H,13H2,1H3,(H,23,25). The summed E-state index contributed by atoms with van der Waals surface area (Å²) in [5.74, 6) is 0.644. The molecule has 8 heteroatoms. The van der Waals surface area contributed by atoms with Crippen molar-refractivity contribution >= 4 is 17.3 Å². The van der Waals surface area contributed by atoms with Crippen molar-refractivity contribution < 1.29 is 14.5 Å². The lowest BCUT2D eigenvalue weighted by Crippen LogP contribution is -2.24. The fourth-order valence-electron chi connectivity index (χ4n) is 2.55. The number of amides is 1. The van der Waals surface area contributed by atoms with Crippen molar-refractivity contribution in [3.8, 4) is 11.6 Å². The van der Waals surface area contributed by atoms with E-state index in [1.54, 1.807) is 25.4 Å². The molecule has 0 saturated heterocycles. The Hall–Kier alpha value is -3.94. The maximum atomic E-state index is 12.5. The van der Waals surface area contributed by atoms with Crippen LogP contribution in [-0.4, -0.2) is 22.9 Å². The highest BCUT2D eigenvalue weighted by atomic mass is 16.6. The molecule has 0 spiro atoms. The third kappa shape index (κ3) is 4.61. The maximum Gasteiger partial charge on any atom is 0.270 e. The smallest absolute Gasteiger partial charge is 0.270 e. The third-order valence-electron chi connectivity index (χ3n) is 3.95. The first-order valence-corrected chi connectivity index (χ1v) is 8.49. The summed E-state index contributed by atoms with van der Waals surface area (Å²) in [7, 11) is 1.65. The van der Waals surface area contributed by atoms with Gasteiger partial charge in [0.25, 0.3) is 11.6 Å². The molecule has 3 aromatic rings. The molecule has 0 aliphatic rings. The number of benzene rings is 2. The fourth-order valence-corrected chi connectivity index (χ4v) is 2.55. The highest BCUT2D eigenvalue weighted by Crippen LogP contribution is 2.22. The number of anilines is 1. The topological polar surface area (TPSA) is 106 Å². The van der Waals surface area contributed by atoms with Gasteiger partial charge in [-0.25, -0.2) is 4.98 Å². The van der Waals surface area contributed by atoms with Gasteiger partial charge >= 0.3 is 0 Å². The van der Waals surface area contributed by atoms with Gasteiger partial charge in [0.15, 0.2) is 0 Å². The molecule has 0 saturated carbocycles. The Bertz CT molecular complexity index is 993. The van der Waals surface area contributed by atoms with Crippen LogP contribution in [0.15, 0.2) is 66.9 Å². The maximum absolute atomic E-state index is 12.5. The van der Waals surface area contributed by atoms with Crippen molar-refractivity contribution in [3.05, 3.63) is 88.1 Å². The van der Waals surface area contributed by atoms with E-state index in [9.17, 15) is 14.9 Å². The van der Waals surface area contributed by atoms with E-state index in [1.165, 1.54) is 18.2 Å². The second kappa shape index (κ2) is 8.63. The lowest BCUT2D eigenvalue weighted by Gasteiger charge is -2.10. The minimum Gasteiger partial charge on any atom is -0.439 e. The van der Waals surface area contributed by atoms with Crippen LogP contribution < -0.4 is 15.4 Å². The largest absolute Gasteiger partial charge is 0.439 e. The number of nitro benzene ring substituents is 1. The number of nitro groups is 1. The van der Waals surface area contributed by atoms with Gasteiger partial charge in [0.2, 0.25) is 5.88 Å². The van der Waals surface area contributed by atoms with E-state index in [0.29, 0.717) is 17.3 Å². The zero-order chi connectivity index (χ0) is 19.9. The summed E-state index contributed by atoms with van der Waals surface area (Å²) in [6.07, 6.45) is 1.59. The van der Waals surface area contributed by atoms with Crippen molar-refractivity contribution in [2.24, 2.45) is 0 Å². The molecule has 0 atom stereocenters. The van der Waals surface area contributed by atoms with Gasteiger partial charge in [0, 0.05) is 43.7 Å². The van der Waals surface area contributed by atoms with Crippen LogP contribution in [0.25, 0.3) is 0 Å². The number of non-ortho nitro benzene ring substituents is 1. The quantitative estimate of drug-likeness (QED) is 0.479. The van der Waals surface area contributed by atoms with Crippen LogP contribution in [0.3, 0.4) is 0 Å². The summed E-state index contributed by atoms with van der Waals surface area (Å²) in [5, 5.41) is 16.6. The molecule has 1 amide bonds. The van der Waals surface area contributed by atoms with Crippen LogP contribution in [0.5, 0.6) is 11.6 Å². The number of pyridine rings is 1. The summed E-state index contributed by atoms with van der Waals surface area (Å²) < 4.78 is 5.68. The van der Waals surface area contributed by atoms with Gasteiger partial charge in [-0.05, 0) is 29.8 Å². The Morgan fingerprint density at radius 1 is 1.14 bits per heavy atom. The Labute approximate surface area is 161 Å². The molecule has 1 aromatic heterocycles. The van der Waals surface area contributed by atoms with Crippen molar-refractivity contribution in [2.75, 3.05) is 12.4 Å². The molecule has 3 rings (SSSR count). The second-order valence-electron chi connectivity index (χ2n) is 5.84. The third-order valence-corrected chi connectivity index (χ3v) is 3.95. The Kier molecular flexibility index (Phi) is 5.81. The highest BCUT2D eigenvalue weighted by molar-refractivity contribution is 6.00. The molecule has 0 unspecified atom stereocenters. The van der Waals surface area contributed by atoms with Gasteiger partial charge in [-0.1, -0.05) is 18.2 Å². The van der Waals surface area contributed by atoms with Gasteiger partial charge in [0.05, 0.1) is 10.5 Å². The number of rotatable bonds is 7. The molecule has 2 N–H and O–H groups in total. The molecular weight excluding hydrogens is 360 g/mol. The lowest BCUT2D eigenvalue weighted by atomic mass is 10.1. The molecule has 0 fully saturated rings. The van der Waals surface area contributed by atoms with Crippen LogP contribution in [-0.2, 0) is 6.54 Å². The molecule has 142 valence electrons. The van der Waals surface area contributed by atoms with Crippen LogP contribution in [0.4, 0.5) is 11.4 Å². The van der Waals surface area contributed by atoms with Crippen LogP contribution in [0.1, 0.15) is 15.9 Å². The van der Waals surface area contributed by atoms with Crippen LogP contribution in [0, 0.1) is 10.1 Å². The highest BCUT2D eigenvalue weighted by Gasteiger charge is 2.16. The van der Waals surface area contributed by atoms with E-state index < -0.39 is 10.8 Å². The summed E-state index contributed by atoms with van der Waals surface area (Å²) in [4.78, 5) is 27.1. The molecule has 0 radical (unpaired) electrons. The van der Waals surface area contributed by atoms with E-state index in [4.69, 9.17) is 4.74 Å². The zero-order valence-corrected chi connectivity index (χ0v) is 15.1. The van der Waals surface area contributed by atoms with Crippen molar-refractivity contribution in [1.82, 2.24) is 10.3 Å². The SMILES string of the molecule is CNc1ccc([N+](=O)[O-])cc1C(=O)NCc1ccnc(Oc2ccccc2)c1.